The molecule has 2 aromatic carbocycles. The van der Waals surface area contributed by atoms with E-state index in [-0.39, 0.29) is 18.2 Å². The highest BCUT2D eigenvalue weighted by atomic mass is 16.5. The highest BCUT2D eigenvalue weighted by Crippen LogP contribution is 2.39. The molecule has 32 heavy (non-hydrogen) atoms. The van der Waals surface area contributed by atoms with Crippen molar-refractivity contribution in [2.45, 2.75) is 38.8 Å². The largest absolute Gasteiger partial charge is 0.496 e. The molecule has 1 fully saturated rings. The monoisotopic (exact) mass is 432 g/mol. The molecular formula is C25H28N4O3. The third-order valence-corrected chi connectivity index (χ3v) is 6.32. The molecule has 3 aromatic rings. The molecule has 2 heterocycles. The Morgan fingerprint density at radius 3 is 2.94 bits per heavy atom. The Morgan fingerprint density at radius 1 is 1.34 bits per heavy atom. The standard InChI is InChI=1S/C25H28N4O3/c1-16-13-23(32-2)20(18-8-10-28-24(16)18)15-29-12-4-3-5-22(29)19-7-6-17(25(30)31)14-21(19)27-11-9-26/h6-8,10,13-14,22,27-28H,3-5,11-12,15H2,1-2H3,(H,30,31)/t22-/m1/s1. The summed E-state index contributed by atoms with van der Waals surface area (Å²) >= 11 is 0. The third-order valence-electron chi connectivity index (χ3n) is 6.32. The number of aryl methyl sites for hydroxylation is 1. The number of carbonyl (C=O) groups is 1. The number of piperidine rings is 1. The molecule has 0 spiro atoms. The van der Waals surface area contributed by atoms with E-state index >= 15 is 0 Å². The van der Waals surface area contributed by atoms with Gasteiger partial charge in [0.1, 0.15) is 12.3 Å². The van der Waals surface area contributed by atoms with Crippen LogP contribution in [0.1, 0.15) is 52.4 Å². The average Bonchev–Trinajstić information content (AvgIpc) is 3.30. The van der Waals surface area contributed by atoms with Gasteiger partial charge in [-0.05, 0) is 61.7 Å². The van der Waals surface area contributed by atoms with Crippen LogP contribution in [0, 0.1) is 18.3 Å². The molecule has 4 rings (SSSR count). The van der Waals surface area contributed by atoms with Gasteiger partial charge in [0, 0.05) is 40.9 Å². The van der Waals surface area contributed by atoms with Crippen molar-refractivity contribution >= 4 is 22.6 Å². The number of fused-ring (bicyclic) bond motifs is 1. The van der Waals surface area contributed by atoms with Crippen molar-refractivity contribution in [1.29, 1.82) is 5.26 Å². The molecule has 0 aliphatic carbocycles. The summed E-state index contributed by atoms with van der Waals surface area (Å²) in [5.74, 6) is -0.0979. The van der Waals surface area contributed by atoms with Gasteiger partial charge < -0.3 is 20.1 Å². The number of nitrogens with one attached hydrogen (secondary N) is 2. The van der Waals surface area contributed by atoms with Crippen LogP contribution in [-0.4, -0.2) is 41.2 Å². The molecular weight excluding hydrogens is 404 g/mol. The Morgan fingerprint density at radius 2 is 2.19 bits per heavy atom. The first-order valence-corrected chi connectivity index (χ1v) is 10.9. The first-order chi connectivity index (χ1) is 15.5. The molecule has 1 aliphatic rings. The lowest BCUT2D eigenvalue weighted by molar-refractivity contribution is 0.0697. The van der Waals surface area contributed by atoms with Gasteiger partial charge in [-0.25, -0.2) is 4.79 Å². The van der Waals surface area contributed by atoms with Crippen molar-refractivity contribution in [1.82, 2.24) is 9.88 Å². The first-order valence-electron chi connectivity index (χ1n) is 10.9. The van der Waals surface area contributed by atoms with E-state index in [4.69, 9.17) is 10.00 Å². The number of hydrogen-bond donors (Lipinski definition) is 3. The summed E-state index contributed by atoms with van der Waals surface area (Å²) in [6.45, 7) is 3.86. The van der Waals surface area contributed by atoms with Gasteiger partial charge in [0.2, 0.25) is 0 Å². The van der Waals surface area contributed by atoms with Gasteiger partial charge in [0.05, 0.1) is 18.7 Å². The number of H-pyrrole nitrogens is 1. The van der Waals surface area contributed by atoms with Crippen LogP contribution in [0.25, 0.3) is 10.9 Å². The first kappa shape index (κ1) is 21.7. The zero-order chi connectivity index (χ0) is 22.7. The number of ether oxygens (including phenoxy) is 1. The van der Waals surface area contributed by atoms with E-state index in [9.17, 15) is 9.90 Å². The maximum Gasteiger partial charge on any atom is 0.335 e. The molecule has 3 N–H and O–H groups in total. The summed E-state index contributed by atoms with van der Waals surface area (Å²) < 4.78 is 5.75. The van der Waals surface area contributed by atoms with Crippen LogP contribution in [0.3, 0.4) is 0 Å². The van der Waals surface area contributed by atoms with Crippen molar-refractivity contribution in [3.63, 3.8) is 0 Å². The van der Waals surface area contributed by atoms with E-state index in [0.29, 0.717) is 5.69 Å². The number of nitriles is 1. The normalized spacial score (nSPS) is 16.6. The van der Waals surface area contributed by atoms with Gasteiger partial charge in [-0.1, -0.05) is 12.5 Å². The second kappa shape index (κ2) is 9.33. The number of hydrogen-bond acceptors (Lipinski definition) is 5. The summed E-state index contributed by atoms with van der Waals surface area (Å²) in [5.41, 5.74) is 5.37. The third kappa shape index (κ3) is 4.14. The number of nitrogens with zero attached hydrogens (tertiary/aromatic N) is 2. The Balaban J connectivity index is 1.73. The van der Waals surface area contributed by atoms with Crippen LogP contribution in [-0.2, 0) is 6.54 Å². The molecule has 0 radical (unpaired) electrons. The number of rotatable bonds is 7. The van der Waals surface area contributed by atoms with E-state index in [1.165, 1.54) is 0 Å². The molecule has 7 heteroatoms. The van der Waals surface area contributed by atoms with E-state index < -0.39 is 5.97 Å². The van der Waals surface area contributed by atoms with E-state index in [1.54, 1.807) is 19.2 Å². The van der Waals surface area contributed by atoms with Crippen LogP contribution >= 0.6 is 0 Å². The topological polar surface area (TPSA) is 101 Å². The summed E-state index contributed by atoms with van der Waals surface area (Å²) in [6.07, 6.45) is 5.14. The zero-order valence-electron chi connectivity index (χ0n) is 18.4. The van der Waals surface area contributed by atoms with Gasteiger partial charge in [-0.3, -0.25) is 4.90 Å². The minimum absolute atomic E-state index is 0.118. The predicted molar refractivity (Wildman–Crippen MR) is 124 cm³/mol. The molecule has 1 saturated heterocycles. The quantitative estimate of drug-likeness (QED) is 0.462. The van der Waals surface area contributed by atoms with Crippen LogP contribution in [0.5, 0.6) is 5.75 Å². The van der Waals surface area contributed by atoms with Crippen LogP contribution in [0.4, 0.5) is 5.69 Å². The van der Waals surface area contributed by atoms with Crippen molar-refractivity contribution < 1.29 is 14.6 Å². The second-order valence-electron chi connectivity index (χ2n) is 8.24. The summed E-state index contributed by atoms with van der Waals surface area (Å²) in [6, 6.07) is 11.6. The maximum atomic E-state index is 11.5. The molecule has 166 valence electrons. The smallest absolute Gasteiger partial charge is 0.335 e. The summed E-state index contributed by atoms with van der Waals surface area (Å²) in [5, 5.41) is 22.8. The van der Waals surface area contributed by atoms with Gasteiger partial charge in [-0.15, -0.1) is 0 Å². The molecule has 0 bridgehead atoms. The number of carboxylic acid groups (broad SMARTS) is 1. The number of anilines is 1. The number of carboxylic acids is 1. The molecule has 7 nitrogen and oxygen atoms in total. The van der Waals surface area contributed by atoms with Crippen molar-refractivity contribution in [2.75, 3.05) is 25.5 Å². The number of likely N-dealkylation sites (tertiary alicyclic amines) is 1. The minimum Gasteiger partial charge on any atom is -0.496 e. The number of methoxy groups -OCH3 is 1. The Hall–Kier alpha value is -3.50. The average molecular weight is 433 g/mol. The predicted octanol–water partition coefficient (Wildman–Crippen LogP) is 4.85. The summed E-state index contributed by atoms with van der Waals surface area (Å²) in [4.78, 5) is 17.3. The number of aromatic carboxylic acids is 1. The van der Waals surface area contributed by atoms with Crippen molar-refractivity contribution in [3.8, 4) is 11.8 Å². The van der Waals surface area contributed by atoms with Gasteiger partial charge in [0.15, 0.2) is 0 Å². The van der Waals surface area contributed by atoms with Gasteiger partial charge in [0.25, 0.3) is 0 Å². The zero-order valence-corrected chi connectivity index (χ0v) is 18.4. The lowest BCUT2D eigenvalue weighted by atomic mass is 9.92. The Kier molecular flexibility index (Phi) is 6.33. The number of aromatic amines is 1. The highest BCUT2D eigenvalue weighted by molar-refractivity contribution is 5.89. The van der Waals surface area contributed by atoms with Crippen LogP contribution < -0.4 is 10.1 Å². The number of aromatic nitrogens is 1. The van der Waals surface area contributed by atoms with E-state index in [1.807, 2.05) is 12.3 Å². The second-order valence-corrected chi connectivity index (χ2v) is 8.24. The van der Waals surface area contributed by atoms with E-state index in [0.717, 1.165) is 65.7 Å². The molecule has 1 atom stereocenters. The molecule has 1 aromatic heterocycles. The fraction of sp³-hybridized carbons (Fsp3) is 0.360. The van der Waals surface area contributed by atoms with Gasteiger partial charge in [-0.2, -0.15) is 5.26 Å². The Bertz CT molecular complexity index is 1180. The van der Waals surface area contributed by atoms with E-state index in [2.05, 4.69) is 40.3 Å². The molecule has 0 saturated carbocycles. The van der Waals surface area contributed by atoms with Crippen molar-refractivity contribution in [3.05, 3.63) is 58.8 Å². The fourth-order valence-electron chi connectivity index (χ4n) is 4.78. The fourth-order valence-corrected chi connectivity index (χ4v) is 4.78. The number of benzene rings is 2. The molecule has 0 amide bonds. The Labute approximate surface area is 187 Å². The summed E-state index contributed by atoms with van der Waals surface area (Å²) in [7, 11) is 1.71. The van der Waals surface area contributed by atoms with Crippen LogP contribution in [0.2, 0.25) is 0 Å². The van der Waals surface area contributed by atoms with Crippen LogP contribution in [0.15, 0.2) is 36.5 Å². The minimum atomic E-state index is -0.976. The molecule has 0 unspecified atom stereocenters. The highest BCUT2D eigenvalue weighted by Gasteiger charge is 2.28. The molecule has 1 aliphatic heterocycles. The lowest BCUT2D eigenvalue weighted by Crippen LogP contribution is -2.33. The SMILES string of the molecule is COc1cc(C)c2[nH]ccc2c1CN1CCCC[C@@H]1c1ccc(C(=O)O)cc1NCC#N. The van der Waals surface area contributed by atoms with Gasteiger partial charge >= 0.3 is 5.97 Å². The van der Waals surface area contributed by atoms with Crippen molar-refractivity contribution in [2.24, 2.45) is 0 Å². The lowest BCUT2D eigenvalue weighted by Gasteiger charge is -2.37. The maximum absolute atomic E-state index is 11.5.